The van der Waals surface area contributed by atoms with Gasteiger partial charge in [-0.3, -0.25) is 0 Å². The molecule has 0 atom stereocenters. The smallest absolute Gasteiger partial charge is 0.182 e. The van der Waals surface area contributed by atoms with Crippen LogP contribution >= 0.6 is 11.6 Å². The van der Waals surface area contributed by atoms with Crippen LogP contribution in [0.25, 0.3) is 17.0 Å². The molecule has 18 heavy (non-hydrogen) atoms. The van der Waals surface area contributed by atoms with E-state index in [1.165, 1.54) is 0 Å². The maximum absolute atomic E-state index is 5.91. The molecule has 0 aliphatic carbocycles. The first kappa shape index (κ1) is 11.0. The van der Waals surface area contributed by atoms with Crippen LogP contribution < -0.4 is 4.74 Å². The third-order valence-electron chi connectivity index (χ3n) is 2.62. The fourth-order valence-electron chi connectivity index (χ4n) is 1.74. The number of pyridine rings is 1. The molecule has 0 bridgehead atoms. The molecule has 4 nitrogen and oxygen atoms in total. The standard InChI is InChI=1S/C13H10ClN3O/c1-18-11-4-2-3-9(7-11)13-15-12-6-5-10(14)8-17(12)16-13/h2-8H,1H3. The number of hydrogen-bond acceptors (Lipinski definition) is 3. The predicted octanol–water partition coefficient (Wildman–Crippen LogP) is 3.06. The normalized spacial score (nSPS) is 10.8. The first-order valence-electron chi connectivity index (χ1n) is 5.42. The van der Waals surface area contributed by atoms with Gasteiger partial charge >= 0.3 is 0 Å². The molecule has 2 aromatic heterocycles. The summed E-state index contributed by atoms with van der Waals surface area (Å²) < 4.78 is 6.85. The number of ether oxygens (including phenoxy) is 1. The van der Waals surface area contributed by atoms with E-state index in [4.69, 9.17) is 16.3 Å². The summed E-state index contributed by atoms with van der Waals surface area (Å²) in [6.07, 6.45) is 1.73. The SMILES string of the molecule is COc1cccc(-c2nc3ccc(Cl)cn3n2)c1. The lowest BCUT2D eigenvalue weighted by Gasteiger charge is -2.00. The van der Waals surface area contributed by atoms with Crippen LogP contribution in [-0.2, 0) is 0 Å². The Labute approximate surface area is 109 Å². The van der Waals surface area contributed by atoms with Gasteiger partial charge in [0.25, 0.3) is 0 Å². The molecule has 0 unspecified atom stereocenters. The van der Waals surface area contributed by atoms with Crippen molar-refractivity contribution < 1.29 is 4.74 Å². The lowest BCUT2D eigenvalue weighted by Crippen LogP contribution is -1.87. The van der Waals surface area contributed by atoms with Crippen molar-refractivity contribution in [1.82, 2.24) is 14.6 Å². The summed E-state index contributed by atoms with van der Waals surface area (Å²) in [7, 11) is 1.63. The molecule has 0 spiro atoms. The van der Waals surface area contributed by atoms with E-state index in [0.717, 1.165) is 17.0 Å². The van der Waals surface area contributed by atoms with E-state index >= 15 is 0 Å². The lowest BCUT2D eigenvalue weighted by atomic mass is 10.2. The van der Waals surface area contributed by atoms with E-state index in [0.29, 0.717) is 10.8 Å². The molecular weight excluding hydrogens is 250 g/mol. The molecule has 0 N–H and O–H groups in total. The van der Waals surface area contributed by atoms with Crippen molar-refractivity contribution in [3.05, 3.63) is 47.6 Å². The van der Waals surface area contributed by atoms with Gasteiger partial charge in [-0.1, -0.05) is 23.7 Å². The third-order valence-corrected chi connectivity index (χ3v) is 2.85. The van der Waals surface area contributed by atoms with Crippen LogP contribution in [0, 0.1) is 0 Å². The average Bonchev–Trinajstić information content (AvgIpc) is 2.81. The monoisotopic (exact) mass is 259 g/mol. The molecule has 5 heteroatoms. The Balaban J connectivity index is 2.13. The van der Waals surface area contributed by atoms with Crippen LogP contribution in [0.15, 0.2) is 42.6 Å². The van der Waals surface area contributed by atoms with Crippen LogP contribution in [0.4, 0.5) is 0 Å². The Morgan fingerprint density at radius 3 is 2.94 bits per heavy atom. The molecule has 0 aliphatic heterocycles. The second-order valence-electron chi connectivity index (χ2n) is 3.82. The van der Waals surface area contributed by atoms with Crippen LogP contribution in [-0.4, -0.2) is 21.7 Å². The second kappa shape index (κ2) is 4.31. The second-order valence-corrected chi connectivity index (χ2v) is 4.25. The van der Waals surface area contributed by atoms with Crippen molar-refractivity contribution in [3.8, 4) is 17.1 Å². The Kier molecular flexibility index (Phi) is 2.64. The van der Waals surface area contributed by atoms with Gasteiger partial charge in [0, 0.05) is 11.8 Å². The topological polar surface area (TPSA) is 39.4 Å². The summed E-state index contributed by atoms with van der Waals surface area (Å²) >= 11 is 5.91. The van der Waals surface area contributed by atoms with E-state index in [1.807, 2.05) is 30.3 Å². The molecule has 3 rings (SSSR count). The molecule has 0 fully saturated rings. The Morgan fingerprint density at radius 1 is 1.22 bits per heavy atom. The molecule has 0 radical (unpaired) electrons. The number of aromatic nitrogens is 3. The van der Waals surface area contributed by atoms with Crippen molar-refractivity contribution in [2.75, 3.05) is 7.11 Å². The minimum absolute atomic E-state index is 0.629. The first-order chi connectivity index (χ1) is 8.76. The summed E-state index contributed by atoms with van der Waals surface area (Å²) in [5.74, 6) is 1.43. The van der Waals surface area contributed by atoms with Gasteiger partial charge in [-0.2, -0.15) is 0 Å². The summed E-state index contributed by atoms with van der Waals surface area (Å²) in [4.78, 5) is 4.44. The Hall–Kier alpha value is -2.07. The van der Waals surface area contributed by atoms with Crippen molar-refractivity contribution in [2.24, 2.45) is 0 Å². The molecular formula is C13H10ClN3O. The van der Waals surface area contributed by atoms with Crippen LogP contribution in [0.5, 0.6) is 5.75 Å². The summed E-state index contributed by atoms with van der Waals surface area (Å²) in [5, 5.41) is 5.01. The number of hydrogen-bond donors (Lipinski definition) is 0. The average molecular weight is 260 g/mol. The fraction of sp³-hybridized carbons (Fsp3) is 0.0769. The van der Waals surface area contributed by atoms with Gasteiger partial charge < -0.3 is 4.74 Å². The van der Waals surface area contributed by atoms with E-state index in [9.17, 15) is 0 Å². The Morgan fingerprint density at radius 2 is 2.11 bits per heavy atom. The maximum Gasteiger partial charge on any atom is 0.182 e. The molecule has 0 amide bonds. The zero-order chi connectivity index (χ0) is 12.5. The number of rotatable bonds is 2. The van der Waals surface area contributed by atoms with Gasteiger partial charge in [0.05, 0.1) is 12.1 Å². The molecule has 1 aromatic carbocycles. The minimum atomic E-state index is 0.629. The maximum atomic E-state index is 5.91. The highest BCUT2D eigenvalue weighted by atomic mass is 35.5. The van der Waals surface area contributed by atoms with Crippen LogP contribution in [0.1, 0.15) is 0 Å². The van der Waals surface area contributed by atoms with Crippen molar-refractivity contribution in [1.29, 1.82) is 0 Å². The highest BCUT2D eigenvalue weighted by molar-refractivity contribution is 6.30. The molecule has 0 saturated heterocycles. The van der Waals surface area contributed by atoms with Gasteiger partial charge in [-0.25, -0.2) is 9.50 Å². The highest BCUT2D eigenvalue weighted by Gasteiger charge is 2.07. The predicted molar refractivity (Wildman–Crippen MR) is 70.0 cm³/mol. The van der Waals surface area contributed by atoms with Crippen LogP contribution in [0.3, 0.4) is 0 Å². The number of nitrogens with zero attached hydrogens (tertiary/aromatic N) is 3. The number of fused-ring (bicyclic) bond motifs is 1. The summed E-state index contributed by atoms with van der Waals surface area (Å²) in [6, 6.07) is 11.3. The minimum Gasteiger partial charge on any atom is -0.497 e. The largest absolute Gasteiger partial charge is 0.497 e. The summed E-state index contributed by atoms with van der Waals surface area (Å²) in [6.45, 7) is 0. The quantitative estimate of drug-likeness (QED) is 0.710. The molecule has 90 valence electrons. The highest BCUT2D eigenvalue weighted by Crippen LogP contribution is 2.22. The van der Waals surface area contributed by atoms with E-state index in [2.05, 4.69) is 10.1 Å². The molecule has 3 aromatic rings. The van der Waals surface area contributed by atoms with Gasteiger partial charge in [-0.05, 0) is 24.3 Å². The lowest BCUT2D eigenvalue weighted by molar-refractivity contribution is 0.415. The van der Waals surface area contributed by atoms with Gasteiger partial charge in [0.15, 0.2) is 11.5 Å². The van der Waals surface area contributed by atoms with E-state index in [1.54, 1.807) is 23.9 Å². The van der Waals surface area contributed by atoms with Gasteiger partial charge in [0.1, 0.15) is 5.75 Å². The van der Waals surface area contributed by atoms with Crippen molar-refractivity contribution >= 4 is 17.2 Å². The zero-order valence-corrected chi connectivity index (χ0v) is 10.4. The molecule has 0 saturated carbocycles. The third kappa shape index (κ3) is 1.91. The van der Waals surface area contributed by atoms with Gasteiger partial charge in [-0.15, -0.1) is 5.10 Å². The fourth-order valence-corrected chi connectivity index (χ4v) is 1.90. The number of benzene rings is 1. The number of halogens is 1. The van der Waals surface area contributed by atoms with Gasteiger partial charge in [0.2, 0.25) is 0 Å². The first-order valence-corrected chi connectivity index (χ1v) is 5.80. The van der Waals surface area contributed by atoms with E-state index in [-0.39, 0.29) is 0 Å². The molecule has 0 aliphatic rings. The van der Waals surface area contributed by atoms with Crippen molar-refractivity contribution in [3.63, 3.8) is 0 Å². The van der Waals surface area contributed by atoms with Crippen molar-refractivity contribution in [2.45, 2.75) is 0 Å². The summed E-state index contributed by atoms with van der Waals surface area (Å²) in [5.41, 5.74) is 1.67. The number of methoxy groups -OCH3 is 1. The zero-order valence-electron chi connectivity index (χ0n) is 9.67. The Bertz CT molecular complexity index is 708. The van der Waals surface area contributed by atoms with E-state index < -0.39 is 0 Å². The van der Waals surface area contributed by atoms with Crippen LogP contribution in [0.2, 0.25) is 5.02 Å². The molecule has 2 heterocycles.